The number of halogens is 1. The zero-order valence-corrected chi connectivity index (χ0v) is 9.34. The summed E-state index contributed by atoms with van der Waals surface area (Å²) in [5, 5.41) is 10.3. The summed E-state index contributed by atoms with van der Waals surface area (Å²) >= 11 is 6.06. The van der Waals surface area contributed by atoms with Crippen LogP contribution in [0.1, 0.15) is 18.1 Å². The van der Waals surface area contributed by atoms with Gasteiger partial charge in [-0.15, -0.1) is 0 Å². The monoisotopic (exact) mass is 227 g/mol. The molecule has 0 bridgehead atoms. The molecule has 1 heterocycles. The van der Waals surface area contributed by atoms with Gasteiger partial charge in [0.05, 0.1) is 11.6 Å². The minimum absolute atomic E-state index is 0.00794. The molecule has 1 aromatic carbocycles. The molecule has 0 saturated heterocycles. The fourth-order valence-electron chi connectivity index (χ4n) is 1.83. The van der Waals surface area contributed by atoms with E-state index < -0.39 is 0 Å². The normalized spacial score (nSPS) is 15.9. The predicted octanol–water partition coefficient (Wildman–Crippen LogP) is 1.87. The lowest BCUT2D eigenvalue weighted by molar-refractivity contribution is 0.356. The Hall–Kier alpha value is -0.930. The standard InChI is InChI=1S/C11H14ClNO2/c1-6(13)4-7-5-9-8(2-3-15-9)10(12)11(7)14/h5-6,14H,2-4,13H2,1H3. The van der Waals surface area contributed by atoms with Crippen molar-refractivity contribution in [1.82, 2.24) is 0 Å². The predicted molar refractivity (Wildman–Crippen MR) is 59.7 cm³/mol. The number of benzene rings is 1. The average molecular weight is 228 g/mol. The molecule has 1 aliphatic heterocycles. The van der Waals surface area contributed by atoms with Gasteiger partial charge < -0.3 is 15.6 Å². The molecule has 0 fully saturated rings. The highest BCUT2D eigenvalue weighted by Gasteiger charge is 2.21. The first-order valence-electron chi connectivity index (χ1n) is 5.01. The van der Waals surface area contributed by atoms with Crippen molar-refractivity contribution in [2.24, 2.45) is 5.73 Å². The molecule has 0 saturated carbocycles. The van der Waals surface area contributed by atoms with E-state index in [0.29, 0.717) is 18.1 Å². The topological polar surface area (TPSA) is 55.5 Å². The maximum absolute atomic E-state index is 9.87. The van der Waals surface area contributed by atoms with Crippen LogP contribution in [0, 0.1) is 0 Å². The van der Waals surface area contributed by atoms with Gasteiger partial charge in [0, 0.05) is 23.6 Å². The number of fused-ring (bicyclic) bond motifs is 1. The van der Waals surface area contributed by atoms with Crippen LogP contribution in [-0.2, 0) is 12.8 Å². The van der Waals surface area contributed by atoms with Crippen molar-refractivity contribution in [3.63, 3.8) is 0 Å². The zero-order valence-electron chi connectivity index (χ0n) is 8.59. The molecule has 1 aliphatic rings. The van der Waals surface area contributed by atoms with Crippen LogP contribution in [0.3, 0.4) is 0 Å². The second kappa shape index (κ2) is 3.91. The molecule has 0 radical (unpaired) electrons. The molecule has 4 heteroatoms. The van der Waals surface area contributed by atoms with Crippen molar-refractivity contribution in [3.05, 3.63) is 22.2 Å². The molecule has 1 atom stereocenters. The summed E-state index contributed by atoms with van der Waals surface area (Å²) in [6.45, 7) is 2.53. The molecule has 0 aromatic heterocycles. The molecular formula is C11H14ClNO2. The van der Waals surface area contributed by atoms with Gasteiger partial charge in [-0.25, -0.2) is 0 Å². The molecule has 1 aromatic rings. The quantitative estimate of drug-likeness (QED) is 0.811. The Bertz CT molecular complexity index is 391. The minimum Gasteiger partial charge on any atom is -0.506 e. The Morgan fingerprint density at radius 2 is 2.40 bits per heavy atom. The van der Waals surface area contributed by atoms with Crippen LogP contribution in [0.15, 0.2) is 6.07 Å². The highest BCUT2D eigenvalue weighted by atomic mass is 35.5. The van der Waals surface area contributed by atoms with E-state index >= 15 is 0 Å². The summed E-state index contributed by atoms with van der Waals surface area (Å²) in [6.07, 6.45) is 1.36. The Morgan fingerprint density at radius 1 is 1.67 bits per heavy atom. The van der Waals surface area contributed by atoms with Crippen molar-refractivity contribution < 1.29 is 9.84 Å². The van der Waals surface area contributed by atoms with Gasteiger partial charge in [-0.05, 0) is 19.4 Å². The largest absolute Gasteiger partial charge is 0.506 e. The fraction of sp³-hybridized carbons (Fsp3) is 0.455. The van der Waals surface area contributed by atoms with Crippen molar-refractivity contribution >= 4 is 11.6 Å². The Morgan fingerprint density at radius 3 is 3.07 bits per heavy atom. The molecule has 15 heavy (non-hydrogen) atoms. The molecule has 0 aliphatic carbocycles. The molecule has 82 valence electrons. The highest BCUT2D eigenvalue weighted by Crippen LogP contribution is 2.40. The van der Waals surface area contributed by atoms with E-state index in [2.05, 4.69) is 0 Å². The molecule has 3 N–H and O–H groups in total. The van der Waals surface area contributed by atoms with Crippen LogP contribution in [0.25, 0.3) is 0 Å². The van der Waals surface area contributed by atoms with Gasteiger partial charge in [0.15, 0.2) is 0 Å². The van der Waals surface area contributed by atoms with Gasteiger partial charge in [0.2, 0.25) is 0 Å². The van der Waals surface area contributed by atoms with E-state index in [4.69, 9.17) is 22.1 Å². The van der Waals surface area contributed by atoms with Crippen LogP contribution in [-0.4, -0.2) is 17.8 Å². The van der Waals surface area contributed by atoms with Gasteiger partial charge in [-0.1, -0.05) is 11.6 Å². The Kier molecular flexibility index (Phi) is 2.76. The summed E-state index contributed by atoms with van der Waals surface area (Å²) < 4.78 is 5.42. The number of hydrogen-bond donors (Lipinski definition) is 2. The summed E-state index contributed by atoms with van der Waals surface area (Å²) in [4.78, 5) is 0. The van der Waals surface area contributed by atoms with Crippen molar-refractivity contribution in [3.8, 4) is 11.5 Å². The summed E-state index contributed by atoms with van der Waals surface area (Å²) in [5.41, 5.74) is 7.36. The number of phenols is 1. The highest BCUT2D eigenvalue weighted by molar-refractivity contribution is 6.33. The van der Waals surface area contributed by atoms with E-state index in [1.807, 2.05) is 13.0 Å². The summed E-state index contributed by atoms with van der Waals surface area (Å²) in [6, 6.07) is 1.83. The van der Waals surface area contributed by atoms with Crippen LogP contribution >= 0.6 is 11.6 Å². The van der Waals surface area contributed by atoms with Crippen LogP contribution in [0.5, 0.6) is 11.5 Å². The third-order valence-corrected chi connectivity index (χ3v) is 2.94. The summed E-state index contributed by atoms with van der Waals surface area (Å²) in [5.74, 6) is 0.937. The van der Waals surface area contributed by atoms with Crippen molar-refractivity contribution in [2.45, 2.75) is 25.8 Å². The first-order chi connectivity index (χ1) is 7.09. The van der Waals surface area contributed by atoms with Gasteiger partial charge in [-0.3, -0.25) is 0 Å². The number of ether oxygens (including phenoxy) is 1. The Balaban J connectivity index is 2.44. The van der Waals surface area contributed by atoms with Gasteiger partial charge in [0.25, 0.3) is 0 Å². The third kappa shape index (κ3) is 1.90. The van der Waals surface area contributed by atoms with Crippen LogP contribution < -0.4 is 10.5 Å². The molecule has 2 rings (SSSR count). The van der Waals surface area contributed by atoms with Gasteiger partial charge in [0.1, 0.15) is 11.5 Å². The smallest absolute Gasteiger partial charge is 0.137 e. The molecule has 3 nitrogen and oxygen atoms in total. The van der Waals surface area contributed by atoms with E-state index in [1.165, 1.54) is 0 Å². The first kappa shape index (κ1) is 10.6. The van der Waals surface area contributed by atoms with E-state index in [1.54, 1.807) is 0 Å². The number of nitrogens with two attached hydrogens (primary N) is 1. The minimum atomic E-state index is -0.00794. The third-order valence-electron chi connectivity index (χ3n) is 2.53. The number of hydrogen-bond acceptors (Lipinski definition) is 3. The SMILES string of the molecule is CC(N)Cc1cc2c(c(Cl)c1O)CCO2. The molecular weight excluding hydrogens is 214 g/mol. The van der Waals surface area contributed by atoms with Gasteiger partial charge >= 0.3 is 0 Å². The van der Waals surface area contributed by atoms with Crippen molar-refractivity contribution in [2.75, 3.05) is 6.61 Å². The number of phenolic OH excluding ortho intramolecular Hbond substituents is 1. The summed E-state index contributed by atoms with van der Waals surface area (Å²) in [7, 11) is 0. The molecule has 1 unspecified atom stereocenters. The lowest BCUT2D eigenvalue weighted by Crippen LogP contribution is -2.17. The molecule has 0 spiro atoms. The maximum atomic E-state index is 9.87. The number of rotatable bonds is 2. The lowest BCUT2D eigenvalue weighted by Gasteiger charge is -2.11. The van der Waals surface area contributed by atoms with E-state index in [9.17, 15) is 5.11 Å². The average Bonchev–Trinajstić information content (AvgIpc) is 2.61. The van der Waals surface area contributed by atoms with Crippen molar-refractivity contribution in [1.29, 1.82) is 0 Å². The van der Waals surface area contributed by atoms with E-state index in [0.717, 1.165) is 23.3 Å². The second-order valence-corrected chi connectivity index (χ2v) is 4.33. The maximum Gasteiger partial charge on any atom is 0.137 e. The van der Waals surface area contributed by atoms with Crippen LogP contribution in [0.2, 0.25) is 5.02 Å². The second-order valence-electron chi connectivity index (χ2n) is 3.95. The lowest BCUT2D eigenvalue weighted by atomic mass is 10.0. The number of aromatic hydroxyl groups is 1. The van der Waals surface area contributed by atoms with E-state index in [-0.39, 0.29) is 11.8 Å². The van der Waals surface area contributed by atoms with Gasteiger partial charge in [-0.2, -0.15) is 0 Å². The fourth-order valence-corrected chi connectivity index (χ4v) is 2.14. The first-order valence-corrected chi connectivity index (χ1v) is 5.39. The van der Waals surface area contributed by atoms with Crippen LogP contribution in [0.4, 0.5) is 0 Å². The molecule has 0 amide bonds. The zero-order chi connectivity index (χ0) is 11.0. The Labute approximate surface area is 93.8 Å².